The minimum atomic E-state index is -0.457. The molecule has 0 atom stereocenters. The summed E-state index contributed by atoms with van der Waals surface area (Å²) in [6.07, 6.45) is 8.84. The van der Waals surface area contributed by atoms with Crippen molar-refractivity contribution >= 4 is 12.0 Å². The standard InChI is InChI=1S/C30H29N5O2/c1-3-4-15-37-27-12-13-28(22(2)16-27)29-25(21-35(34-29)26-10-6-5-7-11-26)17-24(18-31)30(36)33-20-23-9-8-14-32-19-23/h5-14,16-17,19,21H,3-4,15,20H2,1-2H3,(H,33,36). The van der Waals surface area contributed by atoms with Crippen LogP contribution in [0.4, 0.5) is 0 Å². The number of hydrogen-bond donors (Lipinski definition) is 1. The Morgan fingerprint density at radius 1 is 1.16 bits per heavy atom. The van der Waals surface area contributed by atoms with Crippen molar-refractivity contribution < 1.29 is 9.53 Å². The van der Waals surface area contributed by atoms with Gasteiger partial charge in [0.2, 0.25) is 0 Å². The van der Waals surface area contributed by atoms with E-state index in [9.17, 15) is 10.1 Å². The third-order valence-electron chi connectivity index (χ3n) is 5.82. The molecule has 0 unspecified atom stereocenters. The number of carbonyl (C=O) groups is 1. The van der Waals surface area contributed by atoms with Gasteiger partial charge in [0.15, 0.2) is 0 Å². The molecule has 7 heteroatoms. The highest BCUT2D eigenvalue weighted by molar-refractivity contribution is 6.02. The first-order valence-electron chi connectivity index (χ1n) is 12.3. The van der Waals surface area contributed by atoms with Crippen LogP contribution in [-0.4, -0.2) is 27.3 Å². The van der Waals surface area contributed by atoms with Gasteiger partial charge in [0.25, 0.3) is 5.91 Å². The Morgan fingerprint density at radius 2 is 2.00 bits per heavy atom. The molecule has 1 N–H and O–H groups in total. The van der Waals surface area contributed by atoms with Crippen molar-refractivity contribution in [2.45, 2.75) is 33.2 Å². The number of carbonyl (C=O) groups excluding carboxylic acids is 1. The molecule has 0 saturated heterocycles. The van der Waals surface area contributed by atoms with Crippen molar-refractivity contribution in [1.29, 1.82) is 5.26 Å². The number of unbranched alkanes of at least 4 members (excludes halogenated alkanes) is 1. The number of hydrogen-bond acceptors (Lipinski definition) is 5. The minimum Gasteiger partial charge on any atom is -0.494 e. The number of nitriles is 1. The highest BCUT2D eigenvalue weighted by Gasteiger charge is 2.17. The van der Waals surface area contributed by atoms with E-state index in [4.69, 9.17) is 9.84 Å². The number of amides is 1. The van der Waals surface area contributed by atoms with E-state index >= 15 is 0 Å². The van der Waals surface area contributed by atoms with Gasteiger partial charge in [0.05, 0.1) is 12.3 Å². The molecule has 0 radical (unpaired) electrons. The van der Waals surface area contributed by atoms with E-state index in [1.54, 1.807) is 29.2 Å². The van der Waals surface area contributed by atoms with Gasteiger partial charge >= 0.3 is 0 Å². The van der Waals surface area contributed by atoms with Gasteiger partial charge in [-0.1, -0.05) is 37.6 Å². The van der Waals surface area contributed by atoms with Gasteiger partial charge in [0, 0.05) is 36.3 Å². The molecule has 0 aliphatic rings. The molecule has 0 aliphatic carbocycles. The molecule has 186 valence electrons. The summed E-state index contributed by atoms with van der Waals surface area (Å²) >= 11 is 0. The average Bonchev–Trinajstić information content (AvgIpc) is 3.35. The summed E-state index contributed by atoms with van der Waals surface area (Å²) in [6.45, 7) is 5.08. The number of nitrogens with one attached hydrogen (secondary N) is 1. The molecule has 4 rings (SSSR count). The molecule has 37 heavy (non-hydrogen) atoms. The van der Waals surface area contributed by atoms with E-state index < -0.39 is 5.91 Å². The minimum absolute atomic E-state index is 0.00470. The number of rotatable bonds is 10. The predicted octanol–water partition coefficient (Wildman–Crippen LogP) is 5.65. The molecule has 0 fully saturated rings. The third kappa shape index (κ3) is 6.50. The molecule has 2 heterocycles. The van der Waals surface area contributed by atoms with Gasteiger partial charge in [-0.25, -0.2) is 4.68 Å². The van der Waals surface area contributed by atoms with Crippen molar-refractivity contribution in [3.8, 4) is 28.8 Å². The van der Waals surface area contributed by atoms with Gasteiger partial charge in [-0.3, -0.25) is 9.78 Å². The first-order chi connectivity index (χ1) is 18.1. The fourth-order valence-electron chi connectivity index (χ4n) is 3.83. The Balaban J connectivity index is 1.68. The lowest BCUT2D eigenvalue weighted by Gasteiger charge is -2.10. The third-order valence-corrected chi connectivity index (χ3v) is 5.82. The number of para-hydroxylation sites is 1. The molecule has 2 aromatic carbocycles. The zero-order chi connectivity index (χ0) is 26.0. The molecular formula is C30H29N5O2. The predicted molar refractivity (Wildman–Crippen MR) is 144 cm³/mol. The monoisotopic (exact) mass is 491 g/mol. The molecule has 2 aromatic heterocycles. The van der Waals surface area contributed by atoms with E-state index in [2.05, 4.69) is 17.2 Å². The zero-order valence-corrected chi connectivity index (χ0v) is 21.0. The Kier molecular flexibility index (Phi) is 8.45. The SMILES string of the molecule is CCCCOc1ccc(-c2nn(-c3ccccc3)cc2C=C(C#N)C(=O)NCc2cccnc2)c(C)c1. The van der Waals surface area contributed by atoms with Crippen LogP contribution in [0.2, 0.25) is 0 Å². The number of ether oxygens (including phenoxy) is 1. The van der Waals surface area contributed by atoms with Crippen LogP contribution in [0.1, 0.15) is 36.5 Å². The summed E-state index contributed by atoms with van der Waals surface area (Å²) in [5.74, 6) is 0.350. The van der Waals surface area contributed by atoms with E-state index in [1.807, 2.05) is 73.8 Å². The molecular weight excluding hydrogens is 462 g/mol. The first kappa shape index (κ1) is 25.4. The molecule has 0 spiro atoms. The van der Waals surface area contributed by atoms with E-state index in [0.717, 1.165) is 41.0 Å². The molecule has 0 bridgehead atoms. The lowest BCUT2D eigenvalue weighted by Crippen LogP contribution is -2.24. The van der Waals surface area contributed by atoms with Crippen LogP contribution in [0, 0.1) is 18.3 Å². The summed E-state index contributed by atoms with van der Waals surface area (Å²) < 4.78 is 7.62. The maximum atomic E-state index is 12.8. The maximum Gasteiger partial charge on any atom is 0.262 e. The number of benzene rings is 2. The number of nitrogens with zero attached hydrogens (tertiary/aromatic N) is 4. The Hall–Kier alpha value is -4.70. The fraction of sp³-hybridized carbons (Fsp3) is 0.200. The van der Waals surface area contributed by atoms with Gasteiger partial charge in [0.1, 0.15) is 23.1 Å². The Labute approximate surface area is 217 Å². The van der Waals surface area contributed by atoms with Crippen molar-refractivity contribution in [2.24, 2.45) is 0 Å². The summed E-state index contributed by atoms with van der Waals surface area (Å²) in [4.78, 5) is 16.9. The molecule has 1 amide bonds. The van der Waals surface area contributed by atoms with Gasteiger partial charge in [-0.15, -0.1) is 0 Å². The summed E-state index contributed by atoms with van der Waals surface area (Å²) in [5.41, 5.74) is 4.95. The lowest BCUT2D eigenvalue weighted by atomic mass is 10.0. The molecule has 0 saturated carbocycles. The van der Waals surface area contributed by atoms with Crippen molar-refractivity contribution in [3.05, 3.63) is 102 Å². The van der Waals surface area contributed by atoms with Crippen LogP contribution >= 0.6 is 0 Å². The van der Waals surface area contributed by atoms with Gasteiger partial charge < -0.3 is 10.1 Å². The lowest BCUT2D eigenvalue weighted by molar-refractivity contribution is -0.117. The quantitative estimate of drug-likeness (QED) is 0.176. The van der Waals surface area contributed by atoms with Crippen LogP contribution in [-0.2, 0) is 11.3 Å². The number of pyridine rings is 1. The topological polar surface area (TPSA) is 92.8 Å². The van der Waals surface area contributed by atoms with Crippen LogP contribution in [0.5, 0.6) is 5.75 Å². The van der Waals surface area contributed by atoms with Crippen molar-refractivity contribution in [1.82, 2.24) is 20.1 Å². The highest BCUT2D eigenvalue weighted by Crippen LogP contribution is 2.31. The van der Waals surface area contributed by atoms with E-state index in [1.165, 1.54) is 0 Å². The second kappa shape index (κ2) is 12.3. The van der Waals surface area contributed by atoms with Gasteiger partial charge in [-0.05, 0) is 66.9 Å². The number of aromatic nitrogens is 3. The molecule has 7 nitrogen and oxygen atoms in total. The number of aryl methyl sites for hydroxylation is 1. The normalized spacial score (nSPS) is 11.1. The van der Waals surface area contributed by atoms with Crippen LogP contribution in [0.15, 0.2) is 84.8 Å². The Morgan fingerprint density at radius 3 is 2.70 bits per heavy atom. The second-order valence-electron chi connectivity index (χ2n) is 8.61. The largest absolute Gasteiger partial charge is 0.494 e. The molecule has 4 aromatic rings. The van der Waals surface area contributed by atoms with Crippen molar-refractivity contribution in [2.75, 3.05) is 6.61 Å². The van der Waals surface area contributed by atoms with Crippen LogP contribution < -0.4 is 10.1 Å². The smallest absolute Gasteiger partial charge is 0.262 e. The average molecular weight is 492 g/mol. The zero-order valence-electron chi connectivity index (χ0n) is 21.0. The second-order valence-corrected chi connectivity index (χ2v) is 8.61. The highest BCUT2D eigenvalue weighted by atomic mass is 16.5. The van der Waals surface area contributed by atoms with E-state index in [-0.39, 0.29) is 12.1 Å². The first-order valence-corrected chi connectivity index (χ1v) is 12.3. The Bertz CT molecular complexity index is 1420. The summed E-state index contributed by atoms with van der Waals surface area (Å²) in [7, 11) is 0. The van der Waals surface area contributed by atoms with Crippen LogP contribution in [0.25, 0.3) is 23.0 Å². The maximum absolute atomic E-state index is 12.8. The van der Waals surface area contributed by atoms with Crippen LogP contribution in [0.3, 0.4) is 0 Å². The summed E-state index contributed by atoms with van der Waals surface area (Å²) in [5, 5.41) is 17.4. The molecule has 0 aliphatic heterocycles. The fourth-order valence-corrected chi connectivity index (χ4v) is 3.83. The van der Waals surface area contributed by atoms with E-state index in [0.29, 0.717) is 17.9 Å². The van der Waals surface area contributed by atoms with Crippen molar-refractivity contribution in [3.63, 3.8) is 0 Å². The summed E-state index contributed by atoms with van der Waals surface area (Å²) in [6, 6.07) is 21.3. The van der Waals surface area contributed by atoms with Gasteiger partial charge in [-0.2, -0.15) is 10.4 Å².